The molecule has 0 radical (unpaired) electrons. The van der Waals surface area contributed by atoms with Crippen LogP contribution in [-0.2, 0) is 4.79 Å². The summed E-state index contributed by atoms with van der Waals surface area (Å²) in [5.41, 5.74) is 1.39. The van der Waals surface area contributed by atoms with Gasteiger partial charge in [-0.15, -0.1) is 0 Å². The number of rotatable bonds is 3. The third-order valence-corrected chi connectivity index (χ3v) is 3.15. The molecule has 5 heteroatoms. The first-order valence-corrected chi connectivity index (χ1v) is 6.54. The van der Waals surface area contributed by atoms with Gasteiger partial charge in [0, 0.05) is 11.9 Å². The summed E-state index contributed by atoms with van der Waals surface area (Å²) in [6.45, 7) is 0. The van der Waals surface area contributed by atoms with Gasteiger partial charge in [-0.3, -0.25) is 20.0 Å². The van der Waals surface area contributed by atoms with Crippen molar-refractivity contribution >= 4 is 29.5 Å². The number of para-hydroxylation sites is 2. The molecule has 0 unspecified atom stereocenters. The van der Waals surface area contributed by atoms with Gasteiger partial charge in [0.05, 0.1) is 5.69 Å². The number of anilines is 1. The second kappa shape index (κ2) is 5.58. The lowest BCUT2D eigenvalue weighted by Gasteiger charge is -2.18. The first-order chi connectivity index (χ1) is 10.3. The van der Waals surface area contributed by atoms with Gasteiger partial charge in [0.25, 0.3) is 5.91 Å². The molecule has 0 spiro atoms. The summed E-state index contributed by atoms with van der Waals surface area (Å²) in [4.78, 5) is 29.5. The minimum absolute atomic E-state index is 0.372. The lowest BCUT2D eigenvalue weighted by atomic mass is 10.2. The number of carbonyl (C=O) groups is 2. The molecule has 1 atom stereocenters. The lowest BCUT2D eigenvalue weighted by Crippen LogP contribution is -2.36. The fraction of sp³-hybridized carbons (Fsp3) is 0.0625. The number of nitrogens with zero attached hydrogens (tertiary/aromatic N) is 2. The van der Waals surface area contributed by atoms with Crippen LogP contribution in [0.3, 0.4) is 0 Å². The van der Waals surface area contributed by atoms with Gasteiger partial charge in [0.2, 0.25) is 0 Å². The molecule has 3 rings (SSSR count). The summed E-state index contributed by atoms with van der Waals surface area (Å²) < 4.78 is 0. The molecule has 0 saturated carbocycles. The van der Waals surface area contributed by atoms with Gasteiger partial charge in [-0.2, -0.15) is 0 Å². The van der Waals surface area contributed by atoms with Gasteiger partial charge in [0.15, 0.2) is 6.04 Å². The molecule has 0 bridgehead atoms. The van der Waals surface area contributed by atoms with Crippen LogP contribution < -0.4 is 10.2 Å². The molecule has 3 amide bonds. The molecule has 1 N–H and O–H groups in total. The maximum Gasteiger partial charge on any atom is 0.329 e. The number of amides is 3. The SMILES string of the molecule is O=C1NC(=O)N(c2ccccc2)[C@H]1C=Nc1ccccc1. The van der Waals surface area contributed by atoms with Crippen LogP contribution in [0, 0.1) is 0 Å². The Bertz CT molecular complexity index is 683. The average Bonchev–Trinajstić information content (AvgIpc) is 2.81. The van der Waals surface area contributed by atoms with Crippen LogP contribution in [0.25, 0.3) is 0 Å². The molecule has 1 heterocycles. The van der Waals surface area contributed by atoms with Crippen molar-refractivity contribution in [3.8, 4) is 0 Å². The van der Waals surface area contributed by atoms with Gasteiger partial charge in [-0.05, 0) is 24.3 Å². The minimum atomic E-state index is -0.736. The van der Waals surface area contributed by atoms with Crippen LogP contribution in [0.2, 0.25) is 0 Å². The van der Waals surface area contributed by atoms with E-state index in [4.69, 9.17) is 0 Å². The van der Waals surface area contributed by atoms with E-state index < -0.39 is 12.1 Å². The van der Waals surface area contributed by atoms with Crippen molar-refractivity contribution in [3.05, 3.63) is 60.7 Å². The third kappa shape index (κ3) is 2.67. The maximum absolute atomic E-state index is 11.9. The van der Waals surface area contributed by atoms with Gasteiger partial charge in [-0.25, -0.2) is 4.79 Å². The number of imide groups is 1. The fourth-order valence-electron chi connectivity index (χ4n) is 2.15. The van der Waals surface area contributed by atoms with Crippen LogP contribution in [0.4, 0.5) is 16.2 Å². The van der Waals surface area contributed by atoms with E-state index in [0.29, 0.717) is 5.69 Å². The molecule has 1 aliphatic heterocycles. The normalized spacial score (nSPS) is 18.3. The molecule has 104 valence electrons. The first-order valence-electron chi connectivity index (χ1n) is 6.54. The number of nitrogens with one attached hydrogen (secondary N) is 1. The van der Waals surface area contributed by atoms with Crippen LogP contribution in [0.1, 0.15) is 0 Å². The summed E-state index contributed by atoms with van der Waals surface area (Å²) in [6, 6.07) is 17.2. The average molecular weight is 279 g/mol. The standard InChI is InChI=1S/C16H13N3O2/c20-15-14(11-17-12-7-3-1-4-8-12)19(16(21)18-15)13-9-5-2-6-10-13/h1-11,14H,(H,18,20,21)/t14-/m0/s1. The molecular formula is C16H13N3O2. The number of benzene rings is 2. The Morgan fingerprint density at radius 1 is 0.952 bits per heavy atom. The summed E-state index contributed by atoms with van der Waals surface area (Å²) in [7, 11) is 0. The van der Waals surface area contributed by atoms with Crippen LogP contribution in [0.5, 0.6) is 0 Å². The molecule has 1 fully saturated rings. The highest BCUT2D eigenvalue weighted by molar-refractivity contribution is 6.21. The van der Waals surface area contributed by atoms with Crippen molar-refractivity contribution in [1.29, 1.82) is 0 Å². The quantitative estimate of drug-likeness (QED) is 0.693. The maximum atomic E-state index is 11.9. The van der Waals surface area contributed by atoms with E-state index in [0.717, 1.165) is 5.69 Å². The summed E-state index contributed by atoms with van der Waals surface area (Å²) >= 11 is 0. The van der Waals surface area contributed by atoms with Crippen LogP contribution in [0.15, 0.2) is 65.7 Å². The van der Waals surface area contributed by atoms with Crippen molar-refractivity contribution in [2.45, 2.75) is 6.04 Å². The molecule has 5 nitrogen and oxygen atoms in total. The van der Waals surface area contributed by atoms with E-state index in [1.165, 1.54) is 11.1 Å². The Labute approximate surface area is 121 Å². The number of urea groups is 1. The molecule has 0 aromatic heterocycles. The predicted molar refractivity (Wildman–Crippen MR) is 80.8 cm³/mol. The Morgan fingerprint density at radius 2 is 1.57 bits per heavy atom. The zero-order chi connectivity index (χ0) is 14.7. The van der Waals surface area contributed by atoms with Crippen molar-refractivity contribution in [3.63, 3.8) is 0 Å². The highest BCUT2D eigenvalue weighted by atomic mass is 16.2. The fourth-order valence-corrected chi connectivity index (χ4v) is 2.15. The van der Waals surface area contributed by atoms with Gasteiger partial charge < -0.3 is 0 Å². The molecular weight excluding hydrogens is 266 g/mol. The Morgan fingerprint density at radius 3 is 2.24 bits per heavy atom. The molecule has 2 aromatic carbocycles. The molecule has 1 saturated heterocycles. The zero-order valence-electron chi connectivity index (χ0n) is 11.1. The van der Waals surface area contributed by atoms with E-state index in [9.17, 15) is 9.59 Å². The van der Waals surface area contributed by atoms with E-state index >= 15 is 0 Å². The Hall–Kier alpha value is -2.95. The van der Waals surface area contributed by atoms with Gasteiger partial charge in [-0.1, -0.05) is 36.4 Å². The van der Waals surface area contributed by atoms with Crippen molar-refractivity contribution in [2.24, 2.45) is 4.99 Å². The molecule has 0 aliphatic carbocycles. The highest BCUT2D eigenvalue weighted by Gasteiger charge is 2.38. The topological polar surface area (TPSA) is 61.8 Å². The summed E-state index contributed by atoms with van der Waals surface area (Å²) in [5.74, 6) is -0.372. The van der Waals surface area contributed by atoms with Crippen LogP contribution in [-0.4, -0.2) is 24.2 Å². The molecule has 1 aliphatic rings. The minimum Gasteiger partial charge on any atom is -0.277 e. The van der Waals surface area contributed by atoms with E-state index in [1.54, 1.807) is 12.1 Å². The Balaban J connectivity index is 1.90. The summed E-state index contributed by atoms with van der Waals surface area (Å²) in [5, 5.41) is 2.31. The smallest absolute Gasteiger partial charge is 0.277 e. The van der Waals surface area contributed by atoms with Crippen molar-refractivity contribution < 1.29 is 9.59 Å². The van der Waals surface area contributed by atoms with E-state index in [1.807, 2.05) is 48.5 Å². The molecule has 2 aromatic rings. The van der Waals surface area contributed by atoms with E-state index in [-0.39, 0.29) is 5.91 Å². The second-order valence-corrected chi connectivity index (χ2v) is 4.56. The van der Waals surface area contributed by atoms with Crippen molar-refractivity contribution in [2.75, 3.05) is 4.90 Å². The number of hydrogen-bond donors (Lipinski definition) is 1. The number of aliphatic imine (C=N–C) groups is 1. The van der Waals surface area contributed by atoms with Crippen molar-refractivity contribution in [1.82, 2.24) is 5.32 Å². The first kappa shape index (κ1) is 13.1. The zero-order valence-corrected chi connectivity index (χ0v) is 11.1. The van der Waals surface area contributed by atoms with Crippen LogP contribution >= 0.6 is 0 Å². The third-order valence-electron chi connectivity index (χ3n) is 3.15. The number of hydrogen-bond acceptors (Lipinski definition) is 3. The predicted octanol–water partition coefficient (Wildman–Crippen LogP) is 2.51. The van der Waals surface area contributed by atoms with Gasteiger partial charge in [0.1, 0.15) is 0 Å². The second-order valence-electron chi connectivity index (χ2n) is 4.56. The monoisotopic (exact) mass is 279 g/mol. The highest BCUT2D eigenvalue weighted by Crippen LogP contribution is 2.20. The van der Waals surface area contributed by atoms with E-state index in [2.05, 4.69) is 10.3 Å². The largest absolute Gasteiger partial charge is 0.329 e. The molecule has 21 heavy (non-hydrogen) atoms. The summed E-state index contributed by atoms with van der Waals surface area (Å²) in [6.07, 6.45) is 1.49. The lowest BCUT2D eigenvalue weighted by molar-refractivity contribution is -0.118. The van der Waals surface area contributed by atoms with Gasteiger partial charge >= 0.3 is 6.03 Å². The number of carbonyl (C=O) groups excluding carboxylic acids is 2. The Kier molecular flexibility index (Phi) is 3.47.